The Kier molecular flexibility index (Phi) is 5.90. The normalized spacial score (nSPS) is 18.7. The smallest absolute Gasteiger partial charge is 0.324 e. The number of hydrogen-bond donors (Lipinski definition) is 2. The highest BCUT2D eigenvalue weighted by Gasteiger charge is 2.48. The predicted molar refractivity (Wildman–Crippen MR) is 118 cm³/mol. The van der Waals surface area contributed by atoms with Crippen LogP contribution < -0.4 is 9.03 Å². The van der Waals surface area contributed by atoms with Gasteiger partial charge in [-0.2, -0.15) is 0 Å². The molecule has 2 aromatic carbocycles. The Morgan fingerprint density at radius 3 is 2.27 bits per heavy atom. The number of carbonyl (C=O) groups is 1. The van der Waals surface area contributed by atoms with Gasteiger partial charge in [0.05, 0.1) is 32.4 Å². The lowest BCUT2D eigenvalue weighted by atomic mass is 9.99. The van der Waals surface area contributed by atoms with Gasteiger partial charge < -0.3 is 5.11 Å². The average molecular weight is 449 g/mol. The van der Waals surface area contributed by atoms with Crippen molar-refractivity contribution in [3.63, 3.8) is 0 Å². The molecule has 0 radical (unpaired) electrons. The molecule has 0 bridgehead atoms. The number of hydrogen-bond acceptors (Lipinski definition) is 4. The minimum Gasteiger partial charge on any atom is -0.480 e. The number of carboxylic acids is 1. The summed E-state index contributed by atoms with van der Waals surface area (Å²) in [6.07, 6.45) is 0. The predicted octanol–water partition coefficient (Wildman–Crippen LogP) is 2.78. The van der Waals surface area contributed by atoms with Crippen LogP contribution in [0.15, 0.2) is 66.1 Å². The standard InChI is InChI=1S/C21H24N2O5S2/c1-14-16-12-8-9-13-17(16)23(30(27,28)15-10-6-5-7-11-15)19(14)18(20(24)25)22-29(26)21(2,3)4/h5-13,18-19,22H,1H2,2-4H3,(H,24,25)/t18-,19+,29?/m1/s1. The number of sulfonamides is 1. The second-order valence-corrected chi connectivity index (χ2v) is 11.7. The van der Waals surface area contributed by atoms with E-state index in [-0.39, 0.29) is 4.90 Å². The third-order valence-corrected chi connectivity index (χ3v) is 8.16. The molecule has 160 valence electrons. The van der Waals surface area contributed by atoms with E-state index in [0.29, 0.717) is 16.8 Å². The zero-order chi connectivity index (χ0) is 22.3. The first-order chi connectivity index (χ1) is 14.0. The number of para-hydroxylation sites is 1. The molecule has 3 rings (SSSR count). The zero-order valence-corrected chi connectivity index (χ0v) is 18.5. The van der Waals surface area contributed by atoms with Crippen LogP contribution >= 0.6 is 0 Å². The lowest BCUT2D eigenvalue weighted by Crippen LogP contribution is -2.56. The number of anilines is 1. The molecule has 0 fully saturated rings. The van der Waals surface area contributed by atoms with Gasteiger partial charge in [0.15, 0.2) is 0 Å². The van der Waals surface area contributed by atoms with Crippen LogP contribution in [0.1, 0.15) is 26.3 Å². The number of nitrogens with one attached hydrogen (secondary N) is 1. The fourth-order valence-electron chi connectivity index (χ4n) is 3.25. The lowest BCUT2D eigenvalue weighted by Gasteiger charge is -2.32. The highest BCUT2D eigenvalue weighted by Crippen LogP contribution is 2.44. The first kappa shape index (κ1) is 22.2. The van der Waals surface area contributed by atoms with Crippen LogP contribution in [0.25, 0.3) is 5.57 Å². The summed E-state index contributed by atoms with van der Waals surface area (Å²) >= 11 is 0. The third kappa shape index (κ3) is 3.92. The molecule has 0 aliphatic carbocycles. The maximum atomic E-state index is 13.6. The molecule has 0 amide bonds. The molecule has 1 aliphatic rings. The largest absolute Gasteiger partial charge is 0.480 e. The minimum atomic E-state index is -4.11. The summed E-state index contributed by atoms with van der Waals surface area (Å²) in [5, 5.41) is 9.94. The van der Waals surface area contributed by atoms with Crippen LogP contribution in [0.4, 0.5) is 5.69 Å². The summed E-state index contributed by atoms with van der Waals surface area (Å²) in [7, 11) is -5.86. The number of rotatable bonds is 6. The minimum absolute atomic E-state index is 0.0283. The molecule has 1 aliphatic heterocycles. The number of benzene rings is 2. The van der Waals surface area contributed by atoms with E-state index in [1.165, 1.54) is 12.1 Å². The van der Waals surface area contributed by atoms with Gasteiger partial charge in [-0.05, 0) is 44.5 Å². The number of aliphatic carboxylic acids is 1. The molecule has 9 heteroatoms. The molecular weight excluding hydrogens is 424 g/mol. The summed E-state index contributed by atoms with van der Waals surface area (Å²) in [6.45, 7) is 9.10. The van der Waals surface area contributed by atoms with Crippen LogP contribution in [0, 0.1) is 0 Å². The van der Waals surface area contributed by atoms with Crippen molar-refractivity contribution in [3.05, 3.63) is 66.7 Å². The second kappa shape index (κ2) is 7.98. The van der Waals surface area contributed by atoms with Crippen molar-refractivity contribution < 1.29 is 22.5 Å². The van der Waals surface area contributed by atoms with Gasteiger partial charge in [0.2, 0.25) is 0 Å². The molecule has 0 spiro atoms. The van der Waals surface area contributed by atoms with E-state index in [2.05, 4.69) is 11.3 Å². The third-order valence-electron chi connectivity index (χ3n) is 4.77. The topological polar surface area (TPSA) is 104 Å². The molecule has 0 saturated heterocycles. The monoisotopic (exact) mass is 448 g/mol. The van der Waals surface area contributed by atoms with Crippen molar-refractivity contribution in [3.8, 4) is 0 Å². The highest BCUT2D eigenvalue weighted by molar-refractivity contribution is 7.93. The summed E-state index contributed by atoms with van der Waals surface area (Å²) in [6, 6.07) is 11.9. The molecule has 2 aromatic rings. The second-order valence-electron chi connectivity index (χ2n) is 7.92. The molecule has 7 nitrogen and oxygen atoms in total. The maximum Gasteiger partial charge on any atom is 0.324 e. The first-order valence-electron chi connectivity index (χ1n) is 9.25. The van der Waals surface area contributed by atoms with Crippen LogP contribution in [0.2, 0.25) is 0 Å². The van der Waals surface area contributed by atoms with Crippen molar-refractivity contribution in [2.45, 2.75) is 42.5 Å². The number of fused-ring (bicyclic) bond motifs is 1. The Morgan fingerprint density at radius 2 is 1.70 bits per heavy atom. The van der Waals surface area contributed by atoms with E-state index in [9.17, 15) is 22.5 Å². The van der Waals surface area contributed by atoms with Gasteiger partial charge in [-0.15, -0.1) is 0 Å². The quantitative estimate of drug-likeness (QED) is 0.707. The van der Waals surface area contributed by atoms with E-state index in [1.54, 1.807) is 63.2 Å². The van der Waals surface area contributed by atoms with Crippen molar-refractivity contribution in [1.29, 1.82) is 0 Å². The SMILES string of the molecule is C=C1c2ccccc2N(S(=O)(=O)c2ccccc2)[C@@H]1[C@@H](NS(=O)C(C)(C)C)C(=O)O. The lowest BCUT2D eigenvalue weighted by molar-refractivity contribution is -0.139. The fourth-order valence-corrected chi connectivity index (χ4v) is 5.76. The molecule has 30 heavy (non-hydrogen) atoms. The zero-order valence-electron chi connectivity index (χ0n) is 16.9. The molecule has 0 aromatic heterocycles. The van der Waals surface area contributed by atoms with Gasteiger partial charge in [-0.3, -0.25) is 9.10 Å². The highest BCUT2D eigenvalue weighted by atomic mass is 32.2. The Balaban J connectivity index is 2.17. The van der Waals surface area contributed by atoms with Crippen LogP contribution in [0.5, 0.6) is 0 Å². The van der Waals surface area contributed by atoms with Crippen molar-refractivity contribution >= 4 is 38.2 Å². The van der Waals surface area contributed by atoms with E-state index >= 15 is 0 Å². The van der Waals surface area contributed by atoms with Gasteiger partial charge in [-0.1, -0.05) is 43.0 Å². The van der Waals surface area contributed by atoms with Gasteiger partial charge in [0.25, 0.3) is 10.0 Å². The Labute approximate surface area is 179 Å². The maximum absolute atomic E-state index is 13.6. The van der Waals surface area contributed by atoms with Crippen LogP contribution in [0.3, 0.4) is 0 Å². The van der Waals surface area contributed by atoms with Crippen LogP contribution in [-0.2, 0) is 25.8 Å². The van der Waals surface area contributed by atoms with Gasteiger partial charge in [-0.25, -0.2) is 17.3 Å². The van der Waals surface area contributed by atoms with Gasteiger partial charge >= 0.3 is 5.97 Å². The first-order valence-corrected chi connectivity index (χ1v) is 11.8. The Hall–Kier alpha value is -2.49. The van der Waals surface area contributed by atoms with E-state index in [0.717, 1.165) is 4.31 Å². The molecule has 1 unspecified atom stereocenters. The van der Waals surface area contributed by atoms with Gasteiger partial charge in [0, 0.05) is 5.56 Å². The summed E-state index contributed by atoms with van der Waals surface area (Å²) in [5.74, 6) is -1.32. The summed E-state index contributed by atoms with van der Waals surface area (Å²) in [5.41, 5.74) is 1.21. The van der Waals surface area contributed by atoms with Gasteiger partial charge in [0.1, 0.15) is 6.04 Å². The van der Waals surface area contributed by atoms with Crippen LogP contribution in [-0.4, -0.2) is 40.5 Å². The molecule has 1 heterocycles. The molecule has 3 atom stereocenters. The number of carboxylic acid groups (broad SMARTS) is 1. The van der Waals surface area contributed by atoms with Crippen molar-refractivity contribution in [2.24, 2.45) is 0 Å². The average Bonchev–Trinajstić information content (AvgIpc) is 2.99. The molecular formula is C21H24N2O5S2. The van der Waals surface area contributed by atoms with E-state index in [4.69, 9.17) is 0 Å². The summed E-state index contributed by atoms with van der Waals surface area (Å²) in [4.78, 5) is 12.2. The van der Waals surface area contributed by atoms with Crippen molar-refractivity contribution in [2.75, 3.05) is 4.31 Å². The fraction of sp³-hybridized carbons (Fsp3) is 0.286. The van der Waals surface area contributed by atoms with E-state index in [1.807, 2.05) is 0 Å². The molecule has 0 saturated carbocycles. The Morgan fingerprint density at radius 1 is 1.13 bits per heavy atom. The van der Waals surface area contributed by atoms with E-state index < -0.39 is 43.8 Å². The van der Waals surface area contributed by atoms with Crippen molar-refractivity contribution in [1.82, 2.24) is 4.72 Å². The molecule has 2 N–H and O–H groups in total. The Bertz CT molecular complexity index is 1110. The number of nitrogens with zero attached hydrogens (tertiary/aromatic N) is 1. The summed E-state index contributed by atoms with van der Waals surface area (Å²) < 4.78 is 42.7.